The van der Waals surface area contributed by atoms with Gasteiger partial charge in [0.05, 0.1) is 18.0 Å². The number of rotatable bonds is 4. The Balaban J connectivity index is 2.10. The summed E-state index contributed by atoms with van der Waals surface area (Å²) in [6.45, 7) is 1.50. The molecule has 0 aliphatic heterocycles. The Labute approximate surface area is 142 Å². The van der Waals surface area contributed by atoms with Gasteiger partial charge in [0.25, 0.3) is 0 Å². The first-order valence-corrected chi connectivity index (χ1v) is 7.43. The number of carbonyl (C=O) groups is 1. The number of aliphatic hydroxyl groups is 1. The zero-order chi connectivity index (χ0) is 18.1. The van der Waals surface area contributed by atoms with E-state index in [4.69, 9.17) is 5.26 Å². The monoisotopic (exact) mass is 339 g/mol. The lowest BCUT2D eigenvalue weighted by atomic mass is 10.1. The van der Waals surface area contributed by atoms with E-state index in [-0.39, 0.29) is 17.1 Å². The molecule has 25 heavy (non-hydrogen) atoms. The Hall–Kier alpha value is -3.31. The fraction of sp³-hybridized carbons (Fsp3) is 0.176. The fourth-order valence-electron chi connectivity index (χ4n) is 2.53. The molecule has 0 bridgehead atoms. The van der Waals surface area contributed by atoms with Gasteiger partial charge in [-0.25, -0.2) is 9.07 Å². The van der Waals surface area contributed by atoms with Crippen molar-refractivity contribution in [3.63, 3.8) is 0 Å². The summed E-state index contributed by atoms with van der Waals surface area (Å²) in [6.07, 6.45) is 0.481. The van der Waals surface area contributed by atoms with Gasteiger partial charge < -0.3 is 5.11 Å². The number of aliphatic hydroxyl groups excluding tert-OH is 1. The lowest BCUT2D eigenvalue weighted by Crippen LogP contribution is -2.13. The molecule has 0 aliphatic rings. The van der Waals surface area contributed by atoms with Gasteiger partial charge in [-0.3, -0.25) is 9.48 Å². The van der Waals surface area contributed by atoms with Crippen molar-refractivity contribution in [2.75, 3.05) is 0 Å². The number of nitriles is 1. The Morgan fingerprint density at radius 3 is 2.76 bits per heavy atom. The third-order valence-electron chi connectivity index (χ3n) is 3.77. The standard InChI is InChI=1S/C17H14FN5O2/c1-10(24)13-7-11(18)3-4-15(13)23-16(5-6-20-23)17(25)14-8-12(9-19)22(2)21-14/h3-8,10,24H,1-2H3. The van der Waals surface area contributed by atoms with Gasteiger partial charge in [-0.05, 0) is 31.2 Å². The zero-order valence-corrected chi connectivity index (χ0v) is 13.5. The smallest absolute Gasteiger partial charge is 0.231 e. The van der Waals surface area contributed by atoms with Crippen LogP contribution in [-0.2, 0) is 7.05 Å². The van der Waals surface area contributed by atoms with Crippen LogP contribution in [0.5, 0.6) is 0 Å². The minimum absolute atomic E-state index is 0.0986. The van der Waals surface area contributed by atoms with Crippen molar-refractivity contribution in [3.8, 4) is 11.8 Å². The van der Waals surface area contributed by atoms with E-state index in [1.165, 1.54) is 52.8 Å². The Bertz CT molecular complexity index is 997. The molecule has 0 saturated heterocycles. The molecule has 0 saturated carbocycles. The molecule has 0 spiro atoms. The molecule has 3 aromatic rings. The number of hydrogen-bond acceptors (Lipinski definition) is 5. The highest BCUT2D eigenvalue weighted by Gasteiger charge is 2.21. The van der Waals surface area contributed by atoms with E-state index in [0.29, 0.717) is 11.3 Å². The number of carbonyl (C=O) groups excluding carboxylic acids is 1. The number of benzene rings is 1. The molecule has 1 atom stereocenters. The van der Waals surface area contributed by atoms with Crippen molar-refractivity contribution in [1.82, 2.24) is 19.6 Å². The van der Waals surface area contributed by atoms with E-state index in [0.717, 1.165) is 0 Å². The van der Waals surface area contributed by atoms with Gasteiger partial charge >= 0.3 is 0 Å². The van der Waals surface area contributed by atoms with E-state index >= 15 is 0 Å². The maximum Gasteiger partial charge on any atom is 0.231 e. The van der Waals surface area contributed by atoms with Crippen LogP contribution < -0.4 is 0 Å². The van der Waals surface area contributed by atoms with Crippen LogP contribution in [0.2, 0.25) is 0 Å². The molecule has 7 nitrogen and oxygen atoms in total. The highest BCUT2D eigenvalue weighted by molar-refractivity contribution is 6.07. The van der Waals surface area contributed by atoms with Crippen LogP contribution in [-0.4, -0.2) is 30.5 Å². The number of ketones is 1. The Morgan fingerprint density at radius 2 is 2.12 bits per heavy atom. The van der Waals surface area contributed by atoms with Gasteiger partial charge in [-0.2, -0.15) is 15.5 Å². The van der Waals surface area contributed by atoms with Crippen LogP contribution in [0.4, 0.5) is 4.39 Å². The van der Waals surface area contributed by atoms with Crippen molar-refractivity contribution in [3.05, 3.63) is 65.0 Å². The molecule has 0 radical (unpaired) electrons. The van der Waals surface area contributed by atoms with Crippen LogP contribution in [0.3, 0.4) is 0 Å². The molecule has 0 fully saturated rings. The molecule has 2 heterocycles. The summed E-state index contributed by atoms with van der Waals surface area (Å²) < 4.78 is 16.1. The second kappa shape index (κ2) is 6.30. The summed E-state index contributed by atoms with van der Waals surface area (Å²) in [5.74, 6) is -0.932. The van der Waals surface area contributed by atoms with E-state index in [1.807, 2.05) is 6.07 Å². The fourth-order valence-corrected chi connectivity index (χ4v) is 2.53. The Morgan fingerprint density at radius 1 is 1.36 bits per heavy atom. The third-order valence-corrected chi connectivity index (χ3v) is 3.77. The lowest BCUT2D eigenvalue weighted by Gasteiger charge is -2.14. The van der Waals surface area contributed by atoms with E-state index < -0.39 is 17.7 Å². The van der Waals surface area contributed by atoms with E-state index in [2.05, 4.69) is 10.2 Å². The molecule has 0 aliphatic carbocycles. The number of halogens is 1. The van der Waals surface area contributed by atoms with Crippen LogP contribution in [0, 0.1) is 17.1 Å². The molecule has 1 unspecified atom stereocenters. The maximum atomic E-state index is 13.5. The van der Waals surface area contributed by atoms with Gasteiger partial charge in [-0.1, -0.05) is 0 Å². The van der Waals surface area contributed by atoms with Crippen LogP contribution >= 0.6 is 0 Å². The molecule has 126 valence electrons. The largest absolute Gasteiger partial charge is 0.389 e. The second-order valence-electron chi connectivity index (χ2n) is 5.49. The highest BCUT2D eigenvalue weighted by Crippen LogP contribution is 2.24. The first kappa shape index (κ1) is 16.5. The minimum atomic E-state index is -0.946. The summed E-state index contributed by atoms with van der Waals surface area (Å²) >= 11 is 0. The molecule has 8 heteroatoms. The SMILES string of the molecule is CC(O)c1cc(F)ccc1-n1nccc1C(=O)c1cc(C#N)n(C)n1. The second-order valence-corrected chi connectivity index (χ2v) is 5.49. The van der Waals surface area contributed by atoms with Crippen LogP contribution in [0.1, 0.15) is 40.5 Å². The van der Waals surface area contributed by atoms with Crippen molar-refractivity contribution >= 4 is 5.78 Å². The molecular formula is C17H14FN5O2. The molecule has 1 N–H and O–H groups in total. The lowest BCUT2D eigenvalue weighted by molar-refractivity contribution is 0.102. The van der Waals surface area contributed by atoms with Crippen molar-refractivity contribution in [2.24, 2.45) is 7.05 Å². The van der Waals surface area contributed by atoms with Gasteiger partial charge in [0, 0.05) is 18.7 Å². The Kier molecular flexibility index (Phi) is 4.17. The predicted molar refractivity (Wildman–Crippen MR) is 85.5 cm³/mol. The number of aromatic nitrogens is 4. The summed E-state index contributed by atoms with van der Waals surface area (Å²) in [4.78, 5) is 12.7. The number of aryl methyl sites for hydroxylation is 1. The normalized spacial score (nSPS) is 12.0. The van der Waals surface area contributed by atoms with Crippen molar-refractivity contribution < 1.29 is 14.3 Å². The molecule has 0 amide bonds. The zero-order valence-electron chi connectivity index (χ0n) is 13.5. The first-order chi connectivity index (χ1) is 11.9. The van der Waals surface area contributed by atoms with Gasteiger partial charge in [0.15, 0.2) is 0 Å². The topological polar surface area (TPSA) is 96.7 Å². The van der Waals surface area contributed by atoms with E-state index in [1.54, 1.807) is 7.05 Å². The number of nitrogens with zero attached hydrogens (tertiary/aromatic N) is 5. The third kappa shape index (κ3) is 2.93. The van der Waals surface area contributed by atoms with E-state index in [9.17, 15) is 14.3 Å². The molecule has 1 aromatic carbocycles. The average Bonchev–Trinajstić information content (AvgIpc) is 3.20. The van der Waals surface area contributed by atoms with Crippen molar-refractivity contribution in [2.45, 2.75) is 13.0 Å². The average molecular weight is 339 g/mol. The van der Waals surface area contributed by atoms with Gasteiger partial charge in [-0.15, -0.1) is 0 Å². The highest BCUT2D eigenvalue weighted by atomic mass is 19.1. The minimum Gasteiger partial charge on any atom is -0.389 e. The summed E-state index contributed by atoms with van der Waals surface area (Å²) in [5, 5.41) is 27.1. The van der Waals surface area contributed by atoms with Crippen LogP contribution in [0.25, 0.3) is 5.69 Å². The van der Waals surface area contributed by atoms with Crippen molar-refractivity contribution in [1.29, 1.82) is 5.26 Å². The predicted octanol–water partition coefficient (Wildman–Crippen LogP) is 1.90. The maximum absolute atomic E-state index is 13.5. The summed E-state index contributed by atoms with van der Waals surface area (Å²) in [7, 11) is 1.57. The molecule has 3 rings (SSSR count). The number of hydrogen-bond donors (Lipinski definition) is 1. The summed E-state index contributed by atoms with van der Waals surface area (Å²) in [5.41, 5.74) is 1.23. The quantitative estimate of drug-likeness (QED) is 0.732. The first-order valence-electron chi connectivity index (χ1n) is 7.43. The van der Waals surface area contributed by atoms with Gasteiger partial charge in [0.1, 0.15) is 29.0 Å². The van der Waals surface area contributed by atoms with Gasteiger partial charge in [0.2, 0.25) is 5.78 Å². The van der Waals surface area contributed by atoms with Crippen LogP contribution in [0.15, 0.2) is 36.5 Å². The molecular weight excluding hydrogens is 325 g/mol. The summed E-state index contributed by atoms with van der Waals surface area (Å²) in [6, 6.07) is 8.70. The molecule has 2 aromatic heterocycles.